The fourth-order valence-electron chi connectivity index (χ4n) is 2.14. The summed E-state index contributed by atoms with van der Waals surface area (Å²) in [6.07, 6.45) is 1.06. The highest BCUT2D eigenvalue weighted by molar-refractivity contribution is 8.76. The number of carbonyl (C=O) groups is 5. The molecule has 1 rings (SSSR count). The van der Waals surface area contributed by atoms with Gasteiger partial charge in [0.15, 0.2) is 0 Å². The summed E-state index contributed by atoms with van der Waals surface area (Å²) in [4.78, 5) is 58.1. The maximum absolute atomic E-state index is 12.0. The summed E-state index contributed by atoms with van der Waals surface area (Å²) >= 11 is 5.45. The predicted octanol–water partition coefficient (Wildman–Crippen LogP) is 8.31. The number of amides is 2. The number of hydrogen-bond donors (Lipinski definition) is 1. The molecule has 1 aliphatic rings. The van der Waals surface area contributed by atoms with Gasteiger partial charge in [-0.1, -0.05) is 99.3 Å². The predicted molar refractivity (Wildman–Crippen MR) is 186 cm³/mol. The minimum Gasteiger partial charge on any atom is -0.299 e. The average molecular weight is 644 g/mol. The minimum absolute atomic E-state index is 0. The van der Waals surface area contributed by atoms with Gasteiger partial charge in [-0.05, 0) is 27.2 Å². The molecular formula is C30H61NO5S4. The van der Waals surface area contributed by atoms with Crippen LogP contribution in [0.4, 0.5) is 0 Å². The monoisotopic (exact) mass is 643 g/mol. The molecule has 0 aromatic carbocycles. The van der Waals surface area contributed by atoms with Crippen LogP contribution in [0.2, 0.25) is 0 Å². The second kappa shape index (κ2) is 23.1. The lowest BCUT2D eigenvalue weighted by atomic mass is 9.92. The van der Waals surface area contributed by atoms with E-state index in [4.69, 9.17) is 0 Å². The van der Waals surface area contributed by atoms with Gasteiger partial charge < -0.3 is 0 Å². The quantitative estimate of drug-likeness (QED) is 0.0928. The van der Waals surface area contributed by atoms with Gasteiger partial charge in [-0.15, -0.1) is 11.8 Å². The number of ketones is 3. The number of imide groups is 1. The van der Waals surface area contributed by atoms with Gasteiger partial charge in [-0.2, -0.15) is 12.6 Å². The van der Waals surface area contributed by atoms with Gasteiger partial charge in [0.1, 0.15) is 17.3 Å². The summed E-state index contributed by atoms with van der Waals surface area (Å²) in [5.41, 5.74) is -0.817. The van der Waals surface area contributed by atoms with Gasteiger partial charge in [0.25, 0.3) is 0 Å². The molecule has 2 amide bonds. The molecule has 1 unspecified atom stereocenters. The first-order valence-electron chi connectivity index (χ1n) is 12.6. The number of thiol groups is 1. The van der Waals surface area contributed by atoms with Crippen LogP contribution in [0.15, 0.2) is 0 Å². The summed E-state index contributed by atoms with van der Waals surface area (Å²) in [6.45, 7) is 20.9. The van der Waals surface area contributed by atoms with Crippen LogP contribution in [0.5, 0.6) is 0 Å². The Morgan fingerprint density at radius 3 is 1.55 bits per heavy atom. The SMILES string of the molecule is C.C.C.CC(=O)C(C)(C)CS.CCCN1C(=O)CC(SCC(C)(C)C(C)=O)C1=O.CCSSCC(C)(C)C(C)=O. The van der Waals surface area contributed by atoms with Crippen molar-refractivity contribution in [3.63, 3.8) is 0 Å². The maximum Gasteiger partial charge on any atom is 0.242 e. The third kappa shape index (κ3) is 18.9. The summed E-state index contributed by atoms with van der Waals surface area (Å²) in [5, 5.41) is -0.303. The number of Topliss-reactive ketones (excluding diaryl/α,β-unsaturated/α-hetero) is 3. The Kier molecular flexibility index (Phi) is 28.4. The lowest BCUT2D eigenvalue weighted by Crippen LogP contribution is -2.32. The van der Waals surface area contributed by atoms with E-state index in [1.165, 1.54) is 16.7 Å². The Bertz CT molecular complexity index is 782. The van der Waals surface area contributed by atoms with Crippen molar-refractivity contribution in [2.45, 2.75) is 117 Å². The van der Waals surface area contributed by atoms with Crippen molar-refractivity contribution < 1.29 is 24.0 Å². The summed E-state index contributed by atoms with van der Waals surface area (Å²) in [7, 11) is 3.60. The lowest BCUT2D eigenvalue weighted by Gasteiger charge is -2.22. The molecular weight excluding hydrogens is 583 g/mol. The van der Waals surface area contributed by atoms with Gasteiger partial charge in [0, 0.05) is 52.2 Å². The van der Waals surface area contributed by atoms with Crippen LogP contribution in [-0.2, 0) is 24.0 Å². The number of rotatable bonds is 13. The summed E-state index contributed by atoms with van der Waals surface area (Å²) < 4.78 is 0. The van der Waals surface area contributed by atoms with Crippen LogP contribution in [-0.4, -0.2) is 68.9 Å². The van der Waals surface area contributed by atoms with E-state index < -0.39 is 5.41 Å². The molecule has 1 fully saturated rings. The molecule has 0 radical (unpaired) electrons. The van der Waals surface area contributed by atoms with E-state index in [0.717, 1.165) is 17.9 Å². The molecule has 0 aliphatic carbocycles. The van der Waals surface area contributed by atoms with Crippen molar-refractivity contribution in [2.24, 2.45) is 16.2 Å². The molecule has 0 bridgehead atoms. The van der Waals surface area contributed by atoms with Gasteiger partial charge in [-0.25, -0.2) is 0 Å². The first kappa shape index (κ1) is 49.2. The Hall–Kier alpha value is -0.450. The Morgan fingerprint density at radius 1 is 0.800 bits per heavy atom. The van der Waals surface area contributed by atoms with Crippen LogP contribution < -0.4 is 0 Å². The smallest absolute Gasteiger partial charge is 0.242 e. The normalized spacial score (nSPS) is 14.8. The fourth-order valence-corrected chi connectivity index (χ4v) is 6.09. The number of thioether (sulfide) groups is 1. The van der Waals surface area contributed by atoms with Gasteiger partial charge in [-0.3, -0.25) is 28.9 Å². The van der Waals surface area contributed by atoms with E-state index in [1.54, 1.807) is 31.6 Å². The number of carbonyl (C=O) groups excluding carboxylic acids is 5. The molecule has 0 saturated carbocycles. The van der Waals surface area contributed by atoms with Crippen LogP contribution in [0.25, 0.3) is 0 Å². The van der Waals surface area contributed by atoms with Crippen LogP contribution in [0, 0.1) is 16.2 Å². The van der Waals surface area contributed by atoms with Gasteiger partial charge >= 0.3 is 0 Å². The van der Waals surface area contributed by atoms with E-state index in [0.29, 0.717) is 18.1 Å². The van der Waals surface area contributed by atoms with Crippen molar-refractivity contribution in [1.29, 1.82) is 0 Å². The van der Waals surface area contributed by atoms with Gasteiger partial charge in [0.05, 0.1) is 5.25 Å². The van der Waals surface area contributed by atoms with Crippen LogP contribution in [0.3, 0.4) is 0 Å². The molecule has 0 N–H and O–H groups in total. The molecule has 0 aromatic rings. The molecule has 1 atom stereocenters. The fraction of sp³-hybridized carbons (Fsp3) is 0.833. The van der Waals surface area contributed by atoms with Crippen molar-refractivity contribution >= 4 is 75.1 Å². The average Bonchev–Trinajstić information content (AvgIpc) is 3.06. The topological polar surface area (TPSA) is 88.6 Å². The minimum atomic E-state index is -0.438. The molecule has 1 aliphatic heterocycles. The zero-order chi connectivity index (χ0) is 29.6. The zero-order valence-electron chi connectivity index (χ0n) is 24.7. The Morgan fingerprint density at radius 2 is 1.23 bits per heavy atom. The maximum atomic E-state index is 12.0. The Labute approximate surface area is 265 Å². The highest BCUT2D eigenvalue weighted by Crippen LogP contribution is 2.32. The third-order valence-electron chi connectivity index (χ3n) is 6.17. The van der Waals surface area contributed by atoms with Crippen LogP contribution >= 0.6 is 46.0 Å². The molecule has 1 saturated heterocycles. The molecule has 6 nitrogen and oxygen atoms in total. The van der Waals surface area contributed by atoms with Crippen molar-refractivity contribution in [3.8, 4) is 0 Å². The highest BCUT2D eigenvalue weighted by atomic mass is 33.1. The van der Waals surface area contributed by atoms with E-state index in [1.807, 2.05) is 59.3 Å². The van der Waals surface area contributed by atoms with Gasteiger partial charge in [0.2, 0.25) is 11.8 Å². The van der Waals surface area contributed by atoms with E-state index in [9.17, 15) is 24.0 Å². The largest absolute Gasteiger partial charge is 0.299 e. The molecule has 1 heterocycles. The third-order valence-corrected chi connectivity index (χ3v) is 11.4. The standard InChI is InChI=1S/C13H21NO3S.C8H16OS2.C6H12OS.3CH4/c1-5-6-14-11(16)7-10(12(14)17)18-8-13(3,4)9(2)15;1-5-10-11-6-8(3,4)7(2)9;1-5(7)6(2,3)4-8;;;/h10H,5-8H2,1-4H3;5-6H2,1-4H3;8H,4H2,1-3H3;3*1H4. The van der Waals surface area contributed by atoms with Crippen molar-refractivity contribution in [2.75, 3.05) is 29.6 Å². The van der Waals surface area contributed by atoms with E-state index in [2.05, 4.69) is 19.6 Å². The summed E-state index contributed by atoms with van der Waals surface area (Å²) in [6, 6.07) is 0. The first-order valence-corrected chi connectivity index (χ1v) is 16.8. The Balaban J connectivity index is -0.000000161. The second-order valence-corrected chi connectivity index (χ2v) is 15.3. The molecule has 10 heteroatoms. The molecule has 0 spiro atoms. The van der Waals surface area contributed by atoms with Crippen LogP contribution in [0.1, 0.15) is 111 Å². The summed E-state index contributed by atoms with van der Waals surface area (Å²) in [5.74, 6) is 3.64. The second-order valence-electron chi connectivity index (χ2n) is 11.0. The molecule has 40 heavy (non-hydrogen) atoms. The lowest BCUT2D eigenvalue weighted by molar-refractivity contribution is -0.138. The number of likely N-dealkylation sites (tertiary alicyclic amines) is 1. The van der Waals surface area contributed by atoms with Crippen molar-refractivity contribution in [1.82, 2.24) is 4.90 Å². The number of nitrogens with zero attached hydrogens (tertiary/aromatic N) is 1. The number of hydrogen-bond acceptors (Lipinski definition) is 9. The van der Waals surface area contributed by atoms with E-state index in [-0.39, 0.29) is 73.9 Å². The van der Waals surface area contributed by atoms with Crippen molar-refractivity contribution in [3.05, 3.63) is 0 Å². The molecule has 0 aromatic heterocycles. The molecule has 240 valence electrons. The highest BCUT2D eigenvalue weighted by Gasteiger charge is 2.39. The first-order chi connectivity index (χ1) is 16.8. The van der Waals surface area contributed by atoms with E-state index >= 15 is 0 Å². The zero-order valence-corrected chi connectivity index (χ0v) is 28.0.